The number of nitrogens with one attached hydrogen (secondary N) is 1. The van der Waals surface area contributed by atoms with Gasteiger partial charge in [-0.3, -0.25) is 4.79 Å². The number of H-pyrrole nitrogens is 1. The van der Waals surface area contributed by atoms with E-state index in [9.17, 15) is 4.79 Å². The summed E-state index contributed by atoms with van der Waals surface area (Å²) in [6.45, 7) is 7.55. The van der Waals surface area contributed by atoms with E-state index in [0.717, 1.165) is 54.8 Å². The van der Waals surface area contributed by atoms with Crippen LogP contribution < -0.4 is 10.5 Å². The molecule has 3 rings (SSSR count). The van der Waals surface area contributed by atoms with Gasteiger partial charge in [-0.1, -0.05) is 0 Å². The van der Waals surface area contributed by atoms with Gasteiger partial charge in [0.05, 0.1) is 0 Å². The maximum atomic E-state index is 11.7. The van der Waals surface area contributed by atoms with Crippen LogP contribution in [0.5, 0.6) is 0 Å². The summed E-state index contributed by atoms with van der Waals surface area (Å²) in [7, 11) is 0. The van der Waals surface area contributed by atoms with Crippen molar-refractivity contribution in [1.29, 1.82) is 0 Å². The molecule has 2 aromatic rings. The van der Waals surface area contributed by atoms with Gasteiger partial charge in [0.1, 0.15) is 5.82 Å². The van der Waals surface area contributed by atoms with Crippen LogP contribution in [0.2, 0.25) is 0 Å². The Labute approximate surface area is 129 Å². The molecule has 1 aliphatic heterocycles. The van der Waals surface area contributed by atoms with E-state index < -0.39 is 0 Å². The summed E-state index contributed by atoms with van der Waals surface area (Å²) in [5.41, 5.74) is 2.64. The van der Waals surface area contributed by atoms with E-state index in [1.165, 1.54) is 6.07 Å². The average Bonchev–Trinajstić information content (AvgIpc) is 2.45. The molecule has 0 bridgehead atoms. The normalized spacial score (nSPS) is 18.5. The van der Waals surface area contributed by atoms with Crippen LogP contribution in [0.15, 0.2) is 16.9 Å². The van der Waals surface area contributed by atoms with Crippen LogP contribution in [0.3, 0.4) is 0 Å². The highest BCUT2D eigenvalue weighted by molar-refractivity contribution is 5.34. The lowest BCUT2D eigenvalue weighted by atomic mass is 9.97. The second kappa shape index (κ2) is 5.87. The highest BCUT2D eigenvalue weighted by atomic mass is 16.1. The van der Waals surface area contributed by atoms with Crippen molar-refractivity contribution in [2.45, 2.75) is 39.5 Å². The van der Waals surface area contributed by atoms with Gasteiger partial charge in [0, 0.05) is 42.2 Å². The molecule has 0 spiro atoms. The number of aromatic amines is 1. The van der Waals surface area contributed by atoms with Crippen LogP contribution in [0.1, 0.15) is 41.7 Å². The van der Waals surface area contributed by atoms with Crippen LogP contribution in [0.25, 0.3) is 0 Å². The molecular weight excluding hydrogens is 278 g/mol. The van der Waals surface area contributed by atoms with Gasteiger partial charge < -0.3 is 9.88 Å². The molecule has 1 fully saturated rings. The molecule has 1 atom stereocenters. The van der Waals surface area contributed by atoms with Crippen LogP contribution in [-0.2, 0) is 0 Å². The van der Waals surface area contributed by atoms with Crippen molar-refractivity contribution < 1.29 is 0 Å². The van der Waals surface area contributed by atoms with Gasteiger partial charge in [0.25, 0.3) is 5.56 Å². The first kappa shape index (κ1) is 14.7. The maximum Gasteiger partial charge on any atom is 0.251 e. The summed E-state index contributed by atoms with van der Waals surface area (Å²) in [6.07, 6.45) is 2.06. The summed E-state index contributed by atoms with van der Waals surface area (Å²) in [4.78, 5) is 30.3. The molecule has 0 aliphatic carbocycles. The van der Waals surface area contributed by atoms with E-state index in [1.807, 2.05) is 26.8 Å². The number of piperidine rings is 1. The number of aryl methyl sites for hydroxylation is 3. The summed E-state index contributed by atoms with van der Waals surface area (Å²) in [5, 5.41) is 0. The lowest BCUT2D eigenvalue weighted by molar-refractivity contribution is 0.483. The molecule has 1 aliphatic rings. The molecule has 1 unspecified atom stereocenters. The second-order valence-corrected chi connectivity index (χ2v) is 6.01. The van der Waals surface area contributed by atoms with Gasteiger partial charge >= 0.3 is 0 Å². The topological polar surface area (TPSA) is 74.8 Å². The Balaban J connectivity index is 1.86. The monoisotopic (exact) mass is 299 g/mol. The standard InChI is InChI=1S/C16H21N5O/c1-10-7-11(2)19-16(18-10)21-6-4-5-13(9-21)15-17-12(3)8-14(22)20-15/h7-8,13H,4-6,9H2,1-3H3,(H,17,20,22). The fraction of sp³-hybridized carbons (Fsp3) is 0.500. The number of nitrogens with zero attached hydrogens (tertiary/aromatic N) is 4. The first-order chi connectivity index (χ1) is 10.5. The molecule has 1 N–H and O–H groups in total. The Morgan fingerprint density at radius 1 is 1.09 bits per heavy atom. The van der Waals surface area contributed by atoms with E-state index in [1.54, 1.807) is 0 Å². The Kier molecular flexibility index (Phi) is 3.92. The first-order valence-electron chi connectivity index (χ1n) is 7.66. The second-order valence-electron chi connectivity index (χ2n) is 6.01. The van der Waals surface area contributed by atoms with E-state index in [-0.39, 0.29) is 11.5 Å². The number of hydrogen-bond donors (Lipinski definition) is 1. The van der Waals surface area contributed by atoms with Gasteiger partial charge in [-0.05, 0) is 39.7 Å². The number of aromatic nitrogens is 4. The Morgan fingerprint density at radius 3 is 2.45 bits per heavy atom. The predicted octanol–water partition coefficient (Wildman–Crippen LogP) is 1.87. The minimum Gasteiger partial charge on any atom is -0.340 e. The zero-order chi connectivity index (χ0) is 15.7. The fourth-order valence-electron chi connectivity index (χ4n) is 3.03. The molecule has 116 valence electrons. The van der Waals surface area contributed by atoms with E-state index in [0.29, 0.717) is 0 Å². The predicted molar refractivity (Wildman–Crippen MR) is 85.3 cm³/mol. The molecule has 0 saturated carbocycles. The molecule has 0 amide bonds. The molecule has 6 heteroatoms. The lowest BCUT2D eigenvalue weighted by Crippen LogP contribution is -2.37. The molecule has 1 saturated heterocycles. The third-order valence-corrected chi connectivity index (χ3v) is 3.95. The van der Waals surface area contributed by atoms with Gasteiger partial charge in [-0.15, -0.1) is 0 Å². The van der Waals surface area contributed by atoms with E-state index >= 15 is 0 Å². The molecule has 3 heterocycles. The zero-order valence-electron chi connectivity index (χ0n) is 13.3. The largest absolute Gasteiger partial charge is 0.340 e. The highest BCUT2D eigenvalue weighted by Gasteiger charge is 2.25. The molecule has 6 nitrogen and oxygen atoms in total. The summed E-state index contributed by atoms with van der Waals surface area (Å²) < 4.78 is 0. The smallest absolute Gasteiger partial charge is 0.251 e. The Hall–Kier alpha value is -2.24. The molecular formula is C16H21N5O. The number of anilines is 1. The van der Waals surface area contributed by atoms with Crippen molar-refractivity contribution >= 4 is 5.95 Å². The summed E-state index contributed by atoms with van der Waals surface area (Å²) in [6, 6.07) is 3.50. The van der Waals surface area contributed by atoms with Crippen LogP contribution in [-0.4, -0.2) is 33.0 Å². The lowest BCUT2D eigenvalue weighted by Gasteiger charge is -2.32. The van der Waals surface area contributed by atoms with Gasteiger partial charge in [-0.25, -0.2) is 15.0 Å². The zero-order valence-corrected chi connectivity index (χ0v) is 13.3. The van der Waals surface area contributed by atoms with Crippen LogP contribution in [0, 0.1) is 20.8 Å². The van der Waals surface area contributed by atoms with Crippen molar-refractivity contribution in [3.63, 3.8) is 0 Å². The van der Waals surface area contributed by atoms with Gasteiger partial charge in [-0.2, -0.15) is 0 Å². The first-order valence-corrected chi connectivity index (χ1v) is 7.66. The van der Waals surface area contributed by atoms with Crippen molar-refractivity contribution in [2.75, 3.05) is 18.0 Å². The van der Waals surface area contributed by atoms with Crippen molar-refractivity contribution in [3.05, 3.63) is 45.4 Å². The minimum atomic E-state index is -0.0812. The Bertz CT molecular complexity index is 719. The van der Waals surface area contributed by atoms with Crippen molar-refractivity contribution in [3.8, 4) is 0 Å². The quantitative estimate of drug-likeness (QED) is 0.916. The molecule has 22 heavy (non-hydrogen) atoms. The SMILES string of the molecule is Cc1cc(C)nc(N2CCCC(c3nc(C)cc(=O)[nH]3)C2)n1. The third-order valence-electron chi connectivity index (χ3n) is 3.95. The van der Waals surface area contributed by atoms with Gasteiger partial charge in [0.2, 0.25) is 5.95 Å². The van der Waals surface area contributed by atoms with Crippen molar-refractivity contribution in [2.24, 2.45) is 0 Å². The molecule has 0 radical (unpaired) electrons. The van der Waals surface area contributed by atoms with Crippen LogP contribution >= 0.6 is 0 Å². The summed E-state index contributed by atoms with van der Waals surface area (Å²) >= 11 is 0. The van der Waals surface area contributed by atoms with Crippen molar-refractivity contribution in [1.82, 2.24) is 19.9 Å². The molecule has 0 aromatic carbocycles. The number of rotatable bonds is 2. The van der Waals surface area contributed by atoms with E-state index in [2.05, 4.69) is 24.8 Å². The van der Waals surface area contributed by atoms with E-state index in [4.69, 9.17) is 0 Å². The highest BCUT2D eigenvalue weighted by Crippen LogP contribution is 2.26. The minimum absolute atomic E-state index is 0.0812. The number of hydrogen-bond acceptors (Lipinski definition) is 5. The third kappa shape index (κ3) is 3.16. The summed E-state index contributed by atoms with van der Waals surface area (Å²) in [5.74, 6) is 1.77. The van der Waals surface area contributed by atoms with Crippen LogP contribution in [0.4, 0.5) is 5.95 Å². The van der Waals surface area contributed by atoms with Gasteiger partial charge in [0.15, 0.2) is 0 Å². The fourth-order valence-corrected chi connectivity index (χ4v) is 3.03. The Morgan fingerprint density at radius 2 is 1.77 bits per heavy atom. The maximum absolute atomic E-state index is 11.7. The average molecular weight is 299 g/mol. The molecule has 2 aromatic heterocycles.